The fourth-order valence-electron chi connectivity index (χ4n) is 6.74. The summed E-state index contributed by atoms with van der Waals surface area (Å²) in [4.78, 5) is 24.8. The standard InChI is InChI=1S/C22H30O4/c1-12-19-14(11-25-12)20-15(9-16(19)24)22(5)8-6-7-21(3,4)18(22)10-17(20)26-13(2)23/h11,15,17-18,20H,6-10H2,1-5H3/t15-,17-,18-,20-,22+/m0/s1. The van der Waals surface area contributed by atoms with E-state index in [1.807, 2.05) is 6.92 Å². The van der Waals surface area contributed by atoms with Crippen LogP contribution < -0.4 is 0 Å². The van der Waals surface area contributed by atoms with Crippen molar-refractivity contribution in [3.8, 4) is 0 Å². The van der Waals surface area contributed by atoms with Crippen LogP contribution in [0.2, 0.25) is 0 Å². The van der Waals surface area contributed by atoms with Gasteiger partial charge in [-0.05, 0) is 48.9 Å². The summed E-state index contributed by atoms with van der Waals surface area (Å²) in [7, 11) is 0. The van der Waals surface area contributed by atoms with E-state index in [1.54, 1.807) is 6.26 Å². The molecule has 1 heterocycles. The van der Waals surface area contributed by atoms with Crippen molar-refractivity contribution in [1.82, 2.24) is 0 Å². The van der Waals surface area contributed by atoms with Crippen LogP contribution in [-0.2, 0) is 9.53 Å². The number of furan rings is 1. The van der Waals surface area contributed by atoms with Gasteiger partial charge in [0.05, 0.1) is 11.8 Å². The maximum absolute atomic E-state index is 13.0. The molecule has 0 N–H and O–H groups in total. The third-order valence-corrected chi connectivity index (χ3v) is 7.79. The summed E-state index contributed by atoms with van der Waals surface area (Å²) in [6.07, 6.45) is 6.54. The average molecular weight is 358 g/mol. The number of hydrogen-bond acceptors (Lipinski definition) is 4. The van der Waals surface area contributed by atoms with Crippen LogP contribution in [0.4, 0.5) is 0 Å². The summed E-state index contributed by atoms with van der Waals surface area (Å²) < 4.78 is 11.5. The lowest BCUT2D eigenvalue weighted by atomic mass is 9.43. The number of esters is 1. The Hall–Kier alpha value is -1.58. The molecule has 0 saturated heterocycles. The molecule has 0 spiro atoms. The molecule has 0 unspecified atom stereocenters. The topological polar surface area (TPSA) is 56.5 Å². The number of ketones is 1. The molecule has 4 nitrogen and oxygen atoms in total. The number of carbonyl (C=O) groups excluding carboxylic acids is 2. The Kier molecular flexibility index (Phi) is 3.91. The molecule has 3 aliphatic carbocycles. The van der Waals surface area contributed by atoms with Crippen LogP contribution in [0.15, 0.2) is 10.7 Å². The quantitative estimate of drug-likeness (QED) is 0.660. The molecule has 0 aliphatic heterocycles. The molecule has 2 fully saturated rings. The highest BCUT2D eigenvalue weighted by atomic mass is 16.5. The highest BCUT2D eigenvalue weighted by molar-refractivity contribution is 6.00. The highest BCUT2D eigenvalue weighted by Crippen LogP contribution is 2.65. The van der Waals surface area contributed by atoms with E-state index < -0.39 is 0 Å². The van der Waals surface area contributed by atoms with Gasteiger partial charge in [0.15, 0.2) is 5.78 Å². The largest absolute Gasteiger partial charge is 0.469 e. The van der Waals surface area contributed by atoms with Crippen LogP contribution in [0.1, 0.15) is 87.4 Å². The Bertz CT molecular complexity index is 758. The zero-order chi connectivity index (χ0) is 18.9. The van der Waals surface area contributed by atoms with Crippen molar-refractivity contribution in [3.05, 3.63) is 23.2 Å². The SMILES string of the molecule is CC(=O)O[C@H]1C[C@H]2C(C)(C)CCC[C@]2(C)[C@H]2CC(=O)c3c(coc3C)[C@H]12. The number of carbonyl (C=O) groups is 2. The molecule has 2 saturated carbocycles. The van der Waals surface area contributed by atoms with Gasteiger partial charge in [-0.3, -0.25) is 9.59 Å². The lowest BCUT2D eigenvalue weighted by Crippen LogP contribution is -2.57. The first-order valence-electron chi connectivity index (χ1n) is 9.93. The summed E-state index contributed by atoms with van der Waals surface area (Å²) in [5.41, 5.74) is 2.01. The third kappa shape index (κ3) is 2.40. The monoisotopic (exact) mass is 358 g/mol. The first-order valence-corrected chi connectivity index (χ1v) is 9.93. The van der Waals surface area contributed by atoms with E-state index in [0.717, 1.165) is 24.0 Å². The fourth-order valence-corrected chi connectivity index (χ4v) is 6.74. The molecule has 1 aromatic heterocycles. The van der Waals surface area contributed by atoms with Crippen LogP contribution >= 0.6 is 0 Å². The predicted octanol–water partition coefficient (Wildman–Crippen LogP) is 5.04. The minimum Gasteiger partial charge on any atom is -0.469 e. The number of Topliss-reactive ketones (excluding diaryl/α,β-unsaturated/α-hetero) is 1. The van der Waals surface area contributed by atoms with Crippen LogP contribution in [0, 0.1) is 29.6 Å². The summed E-state index contributed by atoms with van der Waals surface area (Å²) in [5.74, 6) is 1.39. The van der Waals surface area contributed by atoms with Crippen molar-refractivity contribution in [3.63, 3.8) is 0 Å². The van der Waals surface area contributed by atoms with E-state index in [1.165, 1.54) is 19.8 Å². The molecular formula is C22H30O4. The van der Waals surface area contributed by atoms with Crippen molar-refractivity contribution in [2.45, 2.75) is 78.7 Å². The Morgan fingerprint density at radius 3 is 2.69 bits per heavy atom. The maximum atomic E-state index is 13.0. The minimum atomic E-state index is -0.232. The predicted molar refractivity (Wildman–Crippen MR) is 98.0 cm³/mol. The molecule has 3 aliphatic rings. The molecule has 0 radical (unpaired) electrons. The van der Waals surface area contributed by atoms with E-state index in [9.17, 15) is 9.59 Å². The van der Waals surface area contributed by atoms with Crippen LogP contribution in [0.25, 0.3) is 0 Å². The highest BCUT2D eigenvalue weighted by Gasteiger charge is 2.60. The smallest absolute Gasteiger partial charge is 0.302 e. The van der Waals surface area contributed by atoms with Gasteiger partial charge in [-0.15, -0.1) is 0 Å². The van der Waals surface area contributed by atoms with Crippen LogP contribution in [-0.4, -0.2) is 17.9 Å². The number of hydrogen-bond donors (Lipinski definition) is 0. The number of ether oxygens (including phenoxy) is 1. The van der Waals surface area contributed by atoms with Gasteiger partial charge in [-0.25, -0.2) is 0 Å². The first kappa shape index (κ1) is 17.8. The average Bonchev–Trinajstić information content (AvgIpc) is 2.91. The van der Waals surface area contributed by atoms with E-state index in [4.69, 9.17) is 9.15 Å². The van der Waals surface area contributed by atoms with Gasteiger partial charge in [0, 0.05) is 24.8 Å². The van der Waals surface area contributed by atoms with Gasteiger partial charge in [0.2, 0.25) is 0 Å². The third-order valence-electron chi connectivity index (χ3n) is 7.79. The van der Waals surface area contributed by atoms with Crippen LogP contribution in [0.3, 0.4) is 0 Å². The van der Waals surface area contributed by atoms with E-state index >= 15 is 0 Å². The van der Waals surface area contributed by atoms with E-state index in [0.29, 0.717) is 18.1 Å². The molecule has 0 amide bonds. The lowest BCUT2D eigenvalue weighted by molar-refractivity contribution is -0.167. The van der Waals surface area contributed by atoms with E-state index in [-0.39, 0.29) is 40.5 Å². The molecule has 4 rings (SSSR count). The van der Waals surface area contributed by atoms with Crippen molar-refractivity contribution < 1.29 is 18.7 Å². The van der Waals surface area contributed by atoms with Gasteiger partial charge in [-0.2, -0.15) is 0 Å². The van der Waals surface area contributed by atoms with Crippen molar-refractivity contribution in [1.29, 1.82) is 0 Å². The molecule has 0 bridgehead atoms. The first-order chi connectivity index (χ1) is 12.1. The molecule has 0 aromatic carbocycles. The minimum absolute atomic E-state index is 0.0687. The number of aryl methyl sites for hydroxylation is 1. The Balaban J connectivity index is 1.85. The second kappa shape index (κ2) is 5.71. The molecule has 4 heteroatoms. The van der Waals surface area contributed by atoms with E-state index in [2.05, 4.69) is 20.8 Å². The molecule has 142 valence electrons. The van der Waals surface area contributed by atoms with Crippen molar-refractivity contribution in [2.75, 3.05) is 0 Å². The van der Waals surface area contributed by atoms with Gasteiger partial charge in [0.1, 0.15) is 11.9 Å². The van der Waals surface area contributed by atoms with Gasteiger partial charge >= 0.3 is 5.97 Å². The molecule has 5 atom stereocenters. The number of rotatable bonds is 1. The fraction of sp³-hybridized carbons (Fsp3) is 0.727. The zero-order valence-electron chi connectivity index (χ0n) is 16.6. The second-order valence-electron chi connectivity index (χ2n) is 9.67. The molecule has 1 aromatic rings. The molecular weight excluding hydrogens is 328 g/mol. The molecule has 26 heavy (non-hydrogen) atoms. The van der Waals surface area contributed by atoms with Gasteiger partial charge in [-0.1, -0.05) is 27.2 Å². The Morgan fingerprint density at radius 2 is 2.00 bits per heavy atom. The summed E-state index contributed by atoms with van der Waals surface area (Å²) >= 11 is 0. The Labute approximate surface area is 155 Å². The normalized spacial score (nSPS) is 38.1. The van der Waals surface area contributed by atoms with Crippen molar-refractivity contribution in [2.24, 2.45) is 22.7 Å². The second-order valence-corrected chi connectivity index (χ2v) is 9.67. The van der Waals surface area contributed by atoms with Gasteiger partial charge in [0.25, 0.3) is 0 Å². The summed E-state index contributed by atoms with van der Waals surface area (Å²) in [6, 6.07) is 0. The Morgan fingerprint density at radius 1 is 1.27 bits per heavy atom. The van der Waals surface area contributed by atoms with Crippen molar-refractivity contribution >= 4 is 11.8 Å². The maximum Gasteiger partial charge on any atom is 0.302 e. The lowest BCUT2D eigenvalue weighted by Gasteiger charge is -2.61. The summed E-state index contributed by atoms with van der Waals surface area (Å²) in [6.45, 7) is 10.4. The van der Waals surface area contributed by atoms with Crippen LogP contribution in [0.5, 0.6) is 0 Å². The summed E-state index contributed by atoms with van der Waals surface area (Å²) in [5, 5.41) is 0. The number of fused-ring (bicyclic) bond motifs is 5. The zero-order valence-corrected chi connectivity index (χ0v) is 16.6. The van der Waals surface area contributed by atoms with Gasteiger partial charge < -0.3 is 9.15 Å².